The van der Waals surface area contributed by atoms with Crippen LogP contribution in [0.25, 0.3) is 15.3 Å². The number of benzene rings is 3. The summed E-state index contributed by atoms with van der Waals surface area (Å²) in [4.78, 5) is 0. The average Bonchev–Trinajstić information content (AvgIpc) is 3.20. The van der Waals surface area contributed by atoms with E-state index in [9.17, 15) is 0 Å². The van der Waals surface area contributed by atoms with Crippen molar-refractivity contribution in [1.82, 2.24) is 0 Å². The smallest absolute Gasteiger partial charge is 2.00 e. The molecule has 0 saturated carbocycles. The van der Waals surface area contributed by atoms with E-state index in [1.165, 1.54) is 67.1 Å². The number of ether oxygens (including phenoxy) is 5. The molecule has 0 N–H and O–H groups in total. The summed E-state index contributed by atoms with van der Waals surface area (Å²) in [6.45, 7) is 57.7. The van der Waals surface area contributed by atoms with Gasteiger partial charge in [0.1, 0.15) is 0 Å². The SMILES string of the molecule is C1COCCOCCOCCO1.CCOCC.Cc1cc(C)c([N-]P(C(C)C)C(C)C)c(C)c1.Cc1cc(C)c([N-]P(C(C)C)C(C)C)c(C)c1.Cc1cc(C)c([N-]P(C(C)C)C(C)C)c(C)c1.[Co+2].[Li+].[O-2].[Zr+2]. The molecule has 1 aliphatic heterocycles. The van der Waals surface area contributed by atoms with Crippen molar-refractivity contribution in [1.29, 1.82) is 0 Å². The summed E-state index contributed by atoms with van der Waals surface area (Å²) in [5.41, 5.74) is 19.5. The second-order valence-electron chi connectivity index (χ2n) is 19.5. The van der Waals surface area contributed by atoms with E-state index in [0.29, 0.717) is 86.8 Å². The molecule has 72 heavy (non-hydrogen) atoms. The van der Waals surface area contributed by atoms with Crippen LogP contribution < -0.4 is 18.9 Å². The summed E-state index contributed by atoms with van der Waals surface area (Å²) >= 11 is 0. The predicted molar refractivity (Wildman–Crippen MR) is 309 cm³/mol. The standard InChI is InChI=1S/3C15H25NP.C8H16O4.C4H10O.Co.Li.O.Zr/c3*1-10(2)17(11(3)4)16-15-13(6)8-12(5)9-14(15)7;1-2-10-5-6-12-8-7-11-4-3-9-1;1-3-5-4-2;;;;/h3*8-11H,1-7H3;1-8H2;3-4H2,1-2H3;;;;/q3*-1;;;+2;+1;-2;+2. The molecule has 4 rings (SSSR count). The van der Waals surface area contributed by atoms with Crippen LogP contribution in [0, 0.1) is 62.3 Å². The summed E-state index contributed by atoms with van der Waals surface area (Å²) in [5.74, 6) is 0. The first-order valence-electron chi connectivity index (χ1n) is 25.5. The molecule has 1 radical (unpaired) electrons. The Morgan fingerprint density at radius 1 is 0.389 bits per heavy atom. The van der Waals surface area contributed by atoms with Crippen molar-refractivity contribution in [2.75, 3.05) is 66.1 Å². The van der Waals surface area contributed by atoms with Crippen LogP contribution in [0.4, 0.5) is 17.1 Å². The number of rotatable bonds is 14. The summed E-state index contributed by atoms with van der Waals surface area (Å²) in [6.07, 6.45) is 0. The molecule has 409 valence electrons. The Bertz CT molecular complexity index is 1490. The van der Waals surface area contributed by atoms with Gasteiger partial charge in [-0.25, -0.2) is 0 Å². The molecule has 0 aliphatic carbocycles. The minimum absolute atomic E-state index is 0. The monoisotopic (exact) mass is 1170 g/mol. The first-order valence-corrected chi connectivity index (χ1v) is 29.8. The zero-order chi connectivity index (χ0) is 52.1. The second kappa shape index (κ2) is 46.1. The maximum Gasteiger partial charge on any atom is 2.00 e. The van der Waals surface area contributed by atoms with Gasteiger partial charge in [-0.3, -0.25) is 0 Å². The van der Waals surface area contributed by atoms with Crippen LogP contribution in [0.1, 0.15) is 147 Å². The van der Waals surface area contributed by atoms with Crippen LogP contribution in [-0.4, -0.2) is 100 Å². The molecule has 0 atom stereocenters. The number of hydrogen-bond acceptors (Lipinski definition) is 5. The van der Waals surface area contributed by atoms with Crippen LogP contribution in [-0.2, 0) is 72.1 Å². The third-order valence-electron chi connectivity index (χ3n) is 10.6. The van der Waals surface area contributed by atoms with Gasteiger partial charge in [0, 0.05) is 13.2 Å². The van der Waals surface area contributed by atoms with Crippen LogP contribution in [0.5, 0.6) is 0 Å². The molecule has 9 nitrogen and oxygen atoms in total. The van der Waals surface area contributed by atoms with Crippen molar-refractivity contribution in [3.05, 3.63) is 102 Å². The Hall–Kier alpha value is 0.0970. The third kappa shape index (κ3) is 34.8. The van der Waals surface area contributed by atoms with Crippen molar-refractivity contribution in [2.24, 2.45) is 0 Å². The fourth-order valence-corrected chi connectivity index (χ4v) is 14.5. The predicted octanol–water partition coefficient (Wildman–Crippen LogP) is 15.5. The van der Waals surface area contributed by atoms with Crippen molar-refractivity contribution >= 4 is 41.3 Å². The van der Waals surface area contributed by atoms with E-state index in [2.05, 4.69) is 182 Å². The van der Waals surface area contributed by atoms with Crippen molar-refractivity contribution in [3.8, 4) is 0 Å². The first-order chi connectivity index (χ1) is 31.9. The molecule has 0 aromatic heterocycles. The molecule has 0 amide bonds. The van der Waals surface area contributed by atoms with E-state index in [1.807, 2.05) is 13.8 Å². The van der Waals surface area contributed by atoms with E-state index < -0.39 is 0 Å². The maximum atomic E-state index is 5.22. The Labute approximate surface area is 489 Å². The molecule has 3 aromatic carbocycles. The molecule has 3 aromatic rings. The topological polar surface area (TPSA) is 117 Å². The van der Waals surface area contributed by atoms with E-state index in [1.54, 1.807) is 0 Å². The molecular formula is C57H101CoLiN3O6P3Zr. The van der Waals surface area contributed by atoms with E-state index in [4.69, 9.17) is 38.9 Å². The number of nitrogens with zero attached hydrogens (tertiary/aromatic N) is 3. The van der Waals surface area contributed by atoms with E-state index in [0.717, 1.165) is 13.2 Å². The Kier molecular flexibility index (Phi) is 51.8. The van der Waals surface area contributed by atoms with Gasteiger partial charge in [0.05, 0.1) is 52.9 Å². The van der Waals surface area contributed by atoms with Gasteiger partial charge in [-0.15, -0.1) is 17.1 Å². The third-order valence-corrected chi connectivity index (χ3v) is 18.3. The Balaban J connectivity index is -0.000000265. The molecule has 1 saturated heterocycles. The van der Waals surface area contributed by atoms with E-state index >= 15 is 0 Å². The average molecular weight is 1170 g/mol. The molecule has 15 heteroatoms. The van der Waals surface area contributed by atoms with Gasteiger partial charge >= 0.3 is 61.8 Å². The van der Waals surface area contributed by atoms with Gasteiger partial charge in [-0.2, -0.15) is 24.2 Å². The molecular weight excluding hydrogens is 1070 g/mol. The summed E-state index contributed by atoms with van der Waals surface area (Å²) in [6, 6.07) is 13.4. The zero-order valence-corrected chi connectivity index (χ0v) is 56.1. The van der Waals surface area contributed by atoms with Crippen LogP contribution >= 0.6 is 24.2 Å². The van der Waals surface area contributed by atoms with Gasteiger partial charge in [0.25, 0.3) is 0 Å². The fourth-order valence-electron chi connectivity index (χ4n) is 7.90. The Morgan fingerprint density at radius 3 is 0.653 bits per heavy atom. The first kappa shape index (κ1) is 80.9. The van der Waals surface area contributed by atoms with Crippen molar-refractivity contribution in [2.45, 2.75) is 193 Å². The minimum atomic E-state index is -0.272. The van der Waals surface area contributed by atoms with Gasteiger partial charge < -0.3 is 44.4 Å². The van der Waals surface area contributed by atoms with Gasteiger partial charge in [-0.05, 0) is 110 Å². The van der Waals surface area contributed by atoms with Crippen LogP contribution in [0.3, 0.4) is 0 Å². The van der Waals surface area contributed by atoms with E-state index in [-0.39, 0.29) is 91.5 Å². The minimum Gasteiger partial charge on any atom is -2.00 e. The summed E-state index contributed by atoms with van der Waals surface area (Å²) in [5, 5.41) is 15.2. The molecule has 0 unspecified atom stereocenters. The van der Waals surface area contributed by atoms with Crippen molar-refractivity contribution in [3.63, 3.8) is 0 Å². The molecule has 0 bridgehead atoms. The van der Waals surface area contributed by atoms with Gasteiger partial charge in [0.15, 0.2) is 0 Å². The molecule has 1 aliphatic rings. The quantitative estimate of drug-likeness (QED) is 0.118. The van der Waals surface area contributed by atoms with Gasteiger partial charge in [-0.1, -0.05) is 170 Å². The van der Waals surface area contributed by atoms with Crippen LogP contribution in [0.2, 0.25) is 0 Å². The molecule has 1 heterocycles. The number of hydrogen-bond donors (Lipinski definition) is 0. The zero-order valence-electron chi connectivity index (χ0n) is 50.0. The second-order valence-corrected chi connectivity index (χ2v) is 28.6. The molecule has 0 spiro atoms. The largest absolute Gasteiger partial charge is 2.00 e. The Morgan fingerprint density at radius 2 is 0.542 bits per heavy atom. The summed E-state index contributed by atoms with van der Waals surface area (Å²) in [7, 11) is -0.816. The normalized spacial score (nSPS) is 12.8. The molecule has 1 fully saturated rings. The van der Waals surface area contributed by atoms with Crippen molar-refractivity contribution < 1.29 is 91.0 Å². The van der Waals surface area contributed by atoms with Gasteiger partial charge in [0.2, 0.25) is 0 Å². The fraction of sp³-hybridized carbons (Fsp3) is 0.684. The number of aryl methyl sites for hydroxylation is 9. The maximum absolute atomic E-state index is 5.22. The van der Waals surface area contributed by atoms with Crippen LogP contribution in [0.15, 0.2) is 36.4 Å². The summed E-state index contributed by atoms with van der Waals surface area (Å²) < 4.78 is 25.7.